The number of methoxy groups -OCH3 is 2. The molecule has 53 heavy (non-hydrogen) atoms. The van der Waals surface area contributed by atoms with E-state index in [1.54, 1.807) is 0 Å². The maximum Gasteiger partial charge on any atom is 0.335 e. The van der Waals surface area contributed by atoms with Crippen LogP contribution in [0.25, 0.3) is 0 Å². The second-order valence-corrected chi connectivity index (χ2v) is 16.8. The van der Waals surface area contributed by atoms with Crippen LogP contribution in [-0.4, -0.2) is 97.6 Å². The summed E-state index contributed by atoms with van der Waals surface area (Å²) in [6.07, 6.45) is 9.47. The van der Waals surface area contributed by atoms with Gasteiger partial charge in [-0.15, -0.1) is 0 Å². The average Bonchev–Trinajstić information content (AvgIpc) is 3.93. The predicted molar refractivity (Wildman–Crippen MR) is 200 cm³/mol. The molecule has 0 amide bonds. The van der Waals surface area contributed by atoms with Crippen molar-refractivity contribution in [2.45, 2.75) is 67.9 Å². The summed E-state index contributed by atoms with van der Waals surface area (Å²) in [4.78, 5) is 32.5. The number of ether oxygens (including phenoxy) is 2. The first-order chi connectivity index (χ1) is 25.8. The van der Waals surface area contributed by atoms with Crippen molar-refractivity contribution < 1.29 is 29.3 Å². The van der Waals surface area contributed by atoms with Crippen LogP contribution in [0.3, 0.4) is 0 Å². The second-order valence-electron chi connectivity index (χ2n) is 16.8. The lowest BCUT2D eigenvalue weighted by atomic mass is 9.54. The molecule has 2 spiro atoms. The number of carbonyl (C=O) groups excluding carboxylic acids is 2. The van der Waals surface area contributed by atoms with Gasteiger partial charge in [0.15, 0.2) is 0 Å². The molecule has 8 aliphatic rings. The summed E-state index contributed by atoms with van der Waals surface area (Å²) in [6.45, 7) is 3.43. The van der Waals surface area contributed by atoms with Crippen LogP contribution in [0.5, 0.6) is 0 Å². The Morgan fingerprint density at radius 3 is 1.57 bits per heavy atom. The lowest BCUT2D eigenvalue weighted by Crippen LogP contribution is -2.60. The van der Waals surface area contributed by atoms with Crippen molar-refractivity contribution in [1.82, 2.24) is 9.80 Å². The van der Waals surface area contributed by atoms with Gasteiger partial charge in [0, 0.05) is 85.1 Å². The van der Waals surface area contributed by atoms with Crippen molar-refractivity contribution in [2.75, 3.05) is 64.2 Å². The van der Waals surface area contributed by atoms with Gasteiger partial charge >= 0.3 is 11.9 Å². The van der Waals surface area contributed by atoms with Crippen LogP contribution in [0.15, 0.2) is 94.4 Å². The third-order valence-corrected chi connectivity index (χ3v) is 14.4. The number of rotatable bonds is 8. The maximum absolute atomic E-state index is 13.6. The fraction of sp³-hybridized carbons (Fsp3) is 0.488. The molecule has 2 aromatic carbocycles. The number of nitrogens with zero attached hydrogens (tertiary/aromatic N) is 2. The van der Waals surface area contributed by atoms with Crippen molar-refractivity contribution in [1.29, 1.82) is 0 Å². The highest BCUT2D eigenvalue weighted by molar-refractivity contribution is 5.94. The average molecular weight is 717 g/mol. The molecule has 6 aliphatic heterocycles. The van der Waals surface area contributed by atoms with Crippen molar-refractivity contribution in [3.05, 3.63) is 105 Å². The van der Waals surface area contributed by atoms with Gasteiger partial charge in [-0.2, -0.15) is 0 Å². The highest BCUT2D eigenvalue weighted by Crippen LogP contribution is 2.67. The van der Waals surface area contributed by atoms with E-state index in [1.807, 2.05) is 12.1 Å². The molecule has 0 radical (unpaired) electrons. The number of nitrogens with one attached hydrogen (secondary N) is 2. The van der Waals surface area contributed by atoms with E-state index in [0.29, 0.717) is 36.8 Å². The number of hydrogen-bond acceptors (Lipinski definition) is 10. The summed E-state index contributed by atoms with van der Waals surface area (Å²) in [6, 6.07) is 17.1. The molecule has 10 nitrogen and oxygen atoms in total. The lowest BCUT2D eigenvalue weighted by Gasteiger charge is -2.55. The van der Waals surface area contributed by atoms with Crippen molar-refractivity contribution in [3.63, 3.8) is 0 Å². The normalized spacial score (nSPS) is 34.5. The van der Waals surface area contributed by atoms with E-state index in [0.717, 1.165) is 68.2 Å². The fourth-order valence-corrected chi connectivity index (χ4v) is 13.2. The van der Waals surface area contributed by atoms with E-state index in [-0.39, 0.29) is 48.1 Å². The van der Waals surface area contributed by atoms with E-state index in [2.05, 4.69) is 69.0 Å². The van der Waals surface area contributed by atoms with Crippen LogP contribution in [0.4, 0.5) is 11.4 Å². The summed E-state index contributed by atoms with van der Waals surface area (Å²) in [5.74, 6) is -0.614. The number of carbonyl (C=O) groups is 2. The largest absolute Gasteiger partial charge is 0.466 e. The van der Waals surface area contributed by atoms with Crippen LogP contribution >= 0.6 is 0 Å². The third kappa shape index (κ3) is 4.23. The Balaban J connectivity index is 1.08. The molecule has 2 aromatic rings. The quantitative estimate of drug-likeness (QED) is 0.229. The van der Waals surface area contributed by atoms with E-state index in [4.69, 9.17) is 9.47 Å². The fourth-order valence-electron chi connectivity index (χ4n) is 13.2. The summed E-state index contributed by atoms with van der Waals surface area (Å²) < 4.78 is 10.9. The van der Waals surface area contributed by atoms with Gasteiger partial charge in [-0.3, -0.25) is 9.80 Å². The number of esters is 2. The topological polar surface area (TPSA) is 124 Å². The zero-order valence-electron chi connectivity index (χ0n) is 30.5. The summed E-state index contributed by atoms with van der Waals surface area (Å²) in [5.41, 5.74) is 8.77. The monoisotopic (exact) mass is 716 g/mol. The summed E-state index contributed by atoms with van der Waals surface area (Å²) in [5, 5.41) is 28.8. The first-order valence-corrected chi connectivity index (χ1v) is 19.3. The Morgan fingerprint density at radius 2 is 1.15 bits per heavy atom. The summed E-state index contributed by atoms with van der Waals surface area (Å²) in [7, 11) is 2.92. The number of fused-ring (bicyclic) bond motifs is 2. The van der Waals surface area contributed by atoms with E-state index < -0.39 is 10.8 Å². The highest BCUT2D eigenvalue weighted by Gasteiger charge is 2.68. The van der Waals surface area contributed by atoms with E-state index in [9.17, 15) is 19.8 Å². The van der Waals surface area contributed by atoms with Crippen LogP contribution in [-0.2, 0) is 29.9 Å². The first kappa shape index (κ1) is 33.4. The molecule has 6 atom stereocenters. The van der Waals surface area contributed by atoms with Gasteiger partial charge in [0.25, 0.3) is 0 Å². The molecule has 2 saturated heterocycles. The molecular formula is C43H48N4O6. The molecule has 0 aromatic heterocycles. The number of benzene rings is 2. The SMILES string of the molecule is COC(=O)C1=C2Nc3ccccc3[C@]23CCN2CC(CC4=C[C@@]5(CCO)CC(C(=O)OC)=C6Nc7ccccc7[C@@]67CCN(C4)[C@@H]57)=C[C@](CCO)(C1)[C@@H]23. The zero-order chi connectivity index (χ0) is 36.3. The lowest BCUT2D eigenvalue weighted by molar-refractivity contribution is -0.138. The first-order valence-electron chi connectivity index (χ1n) is 19.3. The van der Waals surface area contributed by atoms with Gasteiger partial charge in [0.1, 0.15) is 0 Å². The van der Waals surface area contributed by atoms with Gasteiger partial charge in [0.05, 0.1) is 36.2 Å². The minimum Gasteiger partial charge on any atom is -0.466 e. The van der Waals surface area contributed by atoms with Gasteiger partial charge in [-0.25, -0.2) is 9.59 Å². The second kappa shape index (κ2) is 11.6. The number of hydrogen-bond donors (Lipinski definition) is 4. The Hall–Kier alpha value is -4.22. The minimum absolute atomic E-state index is 0.0173. The molecule has 276 valence electrons. The maximum atomic E-state index is 13.6. The Morgan fingerprint density at radius 1 is 0.717 bits per heavy atom. The van der Waals surface area contributed by atoms with Crippen molar-refractivity contribution in [2.24, 2.45) is 10.8 Å². The van der Waals surface area contributed by atoms with Crippen LogP contribution < -0.4 is 10.6 Å². The van der Waals surface area contributed by atoms with Crippen LogP contribution in [0, 0.1) is 10.8 Å². The van der Waals surface area contributed by atoms with Crippen molar-refractivity contribution >= 4 is 23.3 Å². The van der Waals surface area contributed by atoms with Crippen molar-refractivity contribution in [3.8, 4) is 0 Å². The molecule has 0 saturated carbocycles. The molecule has 6 heterocycles. The van der Waals surface area contributed by atoms with Gasteiger partial charge in [0.2, 0.25) is 0 Å². The van der Waals surface area contributed by atoms with Gasteiger partial charge in [-0.05, 0) is 68.2 Å². The number of para-hydroxylation sites is 2. The molecule has 4 N–H and O–H groups in total. The highest BCUT2D eigenvalue weighted by atomic mass is 16.5. The van der Waals surface area contributed by atoms with Gasteiger partial charge in [-0.1, -0.05) is 59.7 Å². The standard InChI is InChI=1S/C43H48N4O6/c1-52-36(50)28-22-40(13-17-48)20-26(24-46-15-11-42(38(40)46)30-7-3-5-9-32(30)44-34(28)42)19-27-21-41(14-18-49)23-29(37(51)53-2)35-43(12-16-47(25-27)39(41)43)31-8-4-6-10-33(31)45-35/h3-10,20-21,38-39,44-45,48-49H,11-19,22-25H2,1-2H3/t38-,39+,40-,41+,42-,43+. The van der Waals surface area contributed by atoms with E-state index >= 15 is 0 Å². The predicted octanol–water partition coefficient (Wildman–Crippen LogP) is 4.53. The molecule has 10 rings (SSSR count). The third-order valence-electron chi connectivity index (χ3n) is 14.4. The van der Waals surface area contributed by atoms with E-state index in [1.165, 1.54) is 36.5 Å². The molecule has 2 fully saturated rings. The molecule has 2 aliphatic carbocycles. The summed E-state index contributed by atoms with van der Waals surface area (Å²) >= 11 is 0. The zero-order valence-corrected chi connectivity index (χ0v) is 30.5. The Kier molecular flexibility index (Phi) is 7.33. The van der Waals surface area contributed by atoms with Crippen LogP contribution in [0.2, 0.25) is 0 Å². The van der Waals surface area contributed by atoms with Crippen LogP contribution in [0.1, 0.15) is 56.1 Å². The Labute approximate surface area is 310 Å². The Bertz CT molecular complexity index is 1940. The minimum atomic E-state index is -0.469. The number of aliphatic hydroxyl groups excluding tert-OH is 2. The molecule has 0 unspecified atom stereocenters. The molecular weight excluding hydrogens is 668 g/mol. The van der Waals surface area contributed by atoms with Gasteiger partial charge < -0.3 is 30.3 Å². The molecule has 0 bridgehead atoms. The number of aliphatic hydroxyl groups is 2. The molecule has 10 heteroatoms. The number of anilines is 2. The smallest absolute Gasteiger partial charge is 0.335 e.